The van der Waals surface area contributed by atoms with Gasteiger partial charge in [0.2, 0.25) is 10.0 Å². The van der Waals surface area contributed by atoms with Crippen molar-refractivity contribution >= 4 is 10.0 Å². The number of hydrogen-bond donors (Lipinski definition) is 2. The molecule has 0 amide bonds. The van der Waals surface area contributed by atoms with E-state index in [1.54, 1.807) is 0 Å². The second kappa shape index (κ2) is 5.09. The van der Waals surface area contributed by atoms with Crippen LogP contribution in [-0.2, 0) is 10.0 Å². The molecule has 1 fully saturated rings. The molecule has 0 aliphatic heterocycles. The summed E-state index contributed by atoms with van der Waals surface area (Å²) < 4.78 is 25.3. The molecule has 1 rings (SSSR count). The molecule has 0 bridgehead atoms. The second-order valence-electron chi connectivity index (χ2n) is 4.11. The van der Waals surface area contributed by atoms with E-state index < -0.39 is 10.0 Å². The van der Waals surface area contributed by atoms with Crippen LogP contribution < -0.4 is 10.5 Å². The highest BCUT2D eigenvalue weighted by Crippen LogP contribution is 2.23. The molecular weight excluding hydrogens is 200 g/mol. The molecule has 0 aromatic carbocycles. The number of hydrogen-bond acceptors (Lipinski definition) is 3. The monoisotopic (exact) mass is 220 g/mol. The molecule has 0 heterocycles. The maximum atomic E-state index is 11.3. The highest BCUT2D eigenvalue weighted by molar-refractivity contribution is 7.89. The molecule has 84 valence electrons. The van der Waals surface area contributed by atoms with E-state index in [0.717, 1.165) is 19.3 Å². The molecule has 5 heteroatoms. The fourth-order valence-electron chi connectivity index (χ4n) is 1.88. The molecular formula is C9H20N2O2S. The van der Waals surface area contributed by atoms with E-state index in [9.17, 15) is 8.42 Å². The molecule has 0 unspecified atom stereocenters. The predicted molar refractivity (Wildman–Crippen MR) is 57.4 cm³/mol. The van der Waals surface area contributed by atoms with Crippen LogP contribution in [0.15, 0.2) is 0 Å². The Balaban J connectivity index is 2.26. The van der Waals surface area contributed by atoms with Crippen molar-refractivity contribution in [1.29, 1.82) is 0 Å². The average Bonchev–Trinajstić information content (AvgIpc) is 2.48. The SMILES string of the molecule is CCCS(=O)(=O)NC[C@@H]1CC[C@H](N)C1. The molecule has 14 heavy (non-hydrogen) atoms. The van der Waals surface area contributed by atoms with Gasteiger partial charge in [0.05, 0.1) is 5.75 Å². The summed E-state index contributed by atoms with van der Waals surface area (Å²) in [6, 6.07) is 0.274. The third-order valence-corrected chi connectivity index (χ3v) is 4.20. The Kier molecular flexibility index (Phi) is 4.34. The lowest BCUT2D eigenvalue weighted by Gasteiger charge is -2.10. The van der Waals surface area contributed by atoms with Crippen LogP contribution in [0.4, 0.5) is 0 Å². The van der Waals surface area contributed by atoms with Gasteiger partial charge in [0.15, 0.2) is 0 Å². The van der Waals surface area contributed by atoms with Gasteiger partial charge in [-0.1, -0.05) is 6.92 Å². The Morgan fingerprint density at radius 2 is 2.14 bits per heavy atom. The van der Waals surface area contributed by atoms with Gasteiger partial charge in [-0.15, -0.1) is 0 Å². The number of sulfonamides is 1. The van der Waals surface area contributed by atoms with Gasteiger partial charge in [0, 0.05) is 12.6 Å². The normalized spacial score (nSPS) is 28.1. The van der Waals surface area contributed by atoms with Crippen molar-refractivity contribution in [2.45, 2.75) is 38.6 Å². The van der Waals surface area contributed by atoms with Gasteiger partial charge in [0.1, 0.15) is 0 Å². The topological polar surface area (TPSA) is 72.2 Å². The van der Waals surface area contributed by atoms with Crippen molar-refractivity contribution in [2.75, 3.05) is 12.3 Å². The van der Waals surface area contributed by atoms with E-state index in [1.165, 1.54) is 0 Å². The number of nitrogens with two attached hydrogens (primary N) is 1. The Morgan fingerprint density at radius 1 is 1.43 bits per heavy atom. The van der Waals surface area contributed by atoms with Crippen LogP contribution in [-0.4, -0.2) is 26.8 Å². The smallest absolute Gasteiger partial charge is 0.211 e. The van der Waals surface area contributed by atoms with Crippen LogP contribution in [0.2, 0.25) is 0 Å². The van der Waals surface area contributed by atoms with Crippen LogP contribution in [0.5, 0.6) is 0 Å². The van der Waals surface area contributed by atoms with Gasteiger partial charge in [-0.05, 0) is 31.6 Å². The zero-order valence-corrected chi connectivity index (χ0v) is 9.52. The summed E-state index contributed by atoms with van der Waals surface area (Å²) in [6.45, 7) is 2.43. The second-order valence-corrected chi connectivity index (χ2v) is 6.03. The first-order valence-electron chi connectivity index (χ1n) is 5.26. The molecule has 0 saturated heterocycles. The van der Waals surface area contributed by atoms with Gasteiger partial charge in [-0.3, -0.25) is 0 Å². The first kappa shape index (κ1) is 11.9. The zero-order valence-electron chi connectivity index (χ0n) is 8.70. The Hall–Kier alpha value is -0.130. The van der Waals surface area contributed by atoms with E-state index in [4.69, 9.17) is 5.73 Å². The van der Waals surface area contributed by atoms with Crippen molar-refractivity contribution in [3.63, 3.8) is 0 Å². The highest BCUT2D eigenvalue weighted by Gasteiger charge is 2.22. The number of nitrogens with one attached hydrogen (secondary N) is 1. The van der Waals surface area contributed by atoms with E-state index in [2.05, 4.69) is 4.72 Å². The summed E-state index contributed by atoms with van der Waals surface area (Å²) in [5.74, 6) is 0.669. The molecule has 3 N–H and O–H groups in total. The van der Waals surface area contributed by atoms with Gasteiger partial charge >= 0.3 is 0 Å². The Bertz CT molecular complexity index is 264. The highest BCUT2D eigenvalue weighted by atomic mass is 32.2. The van der Waals surface area contributed by atoms with Crippen molar-refractivity contribution in [3.05, 3.63) is 0 Å². The molecule has 1 aliphatic carbocycles. The van der Waals surface area contributed by atoms with Gasteiger partial charge < -0.3 is 5.73 Å². The van der Waals surface area contributed by atoms with Gasteiger partial charge in [-0.25, -0.2) is 13.1 Å². The summed E-state index contributed by atoms with van der Waals surface area (Å²) in [6.07, 6.45) is 3.70. The first-order chi connectivity index (χ1) is 6.53. The lowest BCUT2D eigenvalue weighted by atomic mass is 10.1. The van der Waals surface area contributed by atoms with Crippen molar-refractivity contribution in [2.24, 2.45) is 11.7 Å². The minimum atomic E-state index is -3.03. The van der Waals surface area contributed by atoms with Gasteiger partial charge in [0.25, 0.3) is 0 Å². The Labute approximate surface area is 86.3 Å². The zero-order chi connectivity index (χ0) is 10.6. The van der Waals surface area contributed by atoms with E-state index in [1.807, 2.05) is 6.92 Å². The summed E-state index contributed by atoms with van der Waals surface area (Å²) >= 11 is 0. The summed E-state index contributed by atoms with van der Waals surface area (Å²) in [4.78, 5) is 0. The van der Waals surface area contributed by atoms with Gasteiger partial charge in [-0.2, -0.15) is 0 Å². The van der Waals surface area contributed by atoms with Crippen molar-refractivity contribution in [1.82, 2.24) is 4.72 Å². The molecule has 0 radical (unpaired) electrons. The summed E-state index contributed by atoms with van der Waals surface area (Å²) in [5.41, 5.74) is 5.75. The third-order valence-electron chi connectivity index (χ3n) is 2.65. The van der Waals surface area contributed by atoms with E-state index in [0.29, 0.717) is 18.9 Å². The lowest BCUT2D eigenvalue weighted by Crippen LogP contribution is -2.31. The molecule has 0 aromatic rings. The molecule has 0 spiro atoms. The molecule has 0 aromatic heterocycles. The molecule has 1 aliphatic rings. The quantitative estimate of drug-likeness (QED) is 0.706. The van der Waals surface area contributed by atoms with Crippen LogP contribution in [0, 0.1) is 5.92 Å². The molecule has 1 saturated carbocycles. The summed E-state index contributed by atoms with van der Waals surface area (Å²) in [5, 5.41) is 0. The van der Waals surface area contributed by atoms with Crippen LogP contribution in [0.1, 0.15) is 32.6 Å². The average molecular weight is 220 g/mol. The number of rotatable bonds is 5. The molecule has 2 atom stereocenters. The minimum Gasteiger partial charge on any atom is -0.328 e. The first-order valence-corrected chi connectivity index (χ1v) is 6.91. The lowest BCUT2D eigenvalue weighted by molar-refractivity contribution is 0.512. The van der Waals surface area contributed by atoms with Crippen LogP contribution >= 0.6 is 0 Å². The largest absolute Gasteiger partial charge is 0.328 e. The third kappa shape index (κ3) is 3.94. The van der Waals surface area contributed by atoms with E-state index >= 15 is 0 Å². The van der Waals surface area contributed by atoms with E-state index in [-0.39, 0.29) is 11.8 Å². The van der Waals surface area contributed by atoms with Crippen LogP contribution in [0.3, 0.4) is 0 Å². The molecule has 4 nitrogen and oxygen atoms in total. The Morgan fingerprint density at radius 3 is 2.64 bits per heavy atom. The maximum Gasteiger partial charge on any atom is 0.211 e. The summed E-state index contributed by atoms with van der Waals surface area (Å²) in [7, 11) is -3.03. The van der Waals surface area contributed by atoms with Crippen LogP contribution in [0.25, 0.3) is 0 Å². The maximum absolute atomic E-state index is 11.3. The fraction of sp³-hybridized carbons (Fsp3) is 1.00. The van der Waals surface area contributed by atoms with Crippen molar-refractivity contribution < 1.29 is 8.42 Å². The standard InChI is InChI=1S/C9H20N2O2S/c1-2-5-14(12,13)11-7-8-3-4-9(10)6-8/h8-9,11H,2-7,10H2,1H3/t8-,9+/m1/s1. The fourth-order valence-corrected chi connectivity index (χ4v) is 3.06. The predicted octanol–water partition coefficient (Wildman–Crippen LogP) is 0.443. The minimum absolute atomic E-state index is 0.228. The van der Waals surface area contributed by atoms with Crippen molar-refractivity contribution in [3.8, 4) is 0 Å².